The predicted octanol–water partition coefficient (Wildman–Crippen LogP) is 3.52. The Kier molecular flexibility index (Phi) is 3.75. The van der Waals surface area contributed by atoms with Gasteiger partial charge in [-0.2, -0.15) is 0 Å². The van der Waals surface area contributed by atoms with E-state index in [9.17, 15) is 4.79 Å². The van der Waals surface area contributed by atoms with E-state index in [-0.39, 0.29) is 5.91 Å². The van der Waals surface area contributed by atoms with Crippen molar-refractivity contribution >= 4 is 22.2 Å². The SMILES string of the molecule is Nc1scc(-c2ccccc2)c1C(=O)NCc1ccco1. The van der Waals surface area contributed by atoms with Gasteiger partial charge in [0.2, 0.25) is 0 Å². The zero-order valence-corrected chi connectivity index (χ0v) is 12.0. The van der Waals surface area contributed by atoms with Gasteiger partial charge in [0.05, 0.1) is 23.4 Å². The molecule has 3 rings (SSSR count). The highest BCUT2D eigenvalue weighted by atomic mass is 32.1. The average Bonchev–Trinajstić information content (AvgIpc) is 3.15. The fourth-order valence-electron chi connectivity index (χ4n) is 2.11. The van der Waals surface area contributed by atoms with Crippen molar-refractivity contribution in [3.05, 3.63) is 65.4 Å². The van der Waals surface area contributed by atoms with Crippen molar-refractivity contribution in [1.82, 2.24) is 5.32 Å². The standard InChI is InChI=1S/C16H14N2O2S/c17-15-14(16(19)18-9-12-7-4-8-20-12)13(10-21-15)11-5-2-1-3-6-11/h1-8,10H,9,17H2,(H,18,19). The van der Waals surface area contributed by atoms with Gasteiger partial charge in [-0.25, -0.2) is 0 Å². The first-order chi connectivity index (χ1) is 10.3. The van der Waals surface area contributed by atoms with Gasteiger partial charge in [0, 0.05) is 10.9 Å². The Morgan fingerprint density at radius 1 is 1.19 bits per heavy atom. The maximum atomic E-state index is 12.4. The summed E-state index contributed by atoms with van der Waals surface area (Å²) in [6, 6.07) is 13.3. The lowest BCUT2D eigenvalue weighted by molar-refractivity contribution is 0.0950. The van der Waals surface area contributed by atoms with Crippen molar-refractivity contribution in [2.75, 3.05) is 5.73 Å². The number of furan rings is 1. The normalized spacial score (nSPS) is 10.5. The van der Waals surface area contributed by atoms with E-state index in [0.29, 0.717) is 22.9 Å². The second kappa shape index (κ2) is 5.85. The zero-order chi connectivity index (χ0) is 14.7. The van der Waals surface area contributed by atoms with Crippen molar-refractivity contribution in [1.29, 1.82) is 0 Å². The minimum Gasteiger partial charge on any atom is -0.467 e. The Morgan fingerprint density at radius 3 is 2.71 bits per heavy atom. The van der Waals surface area contributed by atoms with Crippen LogP contribution in [0.3, 0.4) is 0 Å². The number of hydrogen-bond acceptors (Lipinski definition) is 4. The third-order valence-corrected chi connectivity index (χ3v) is 3.95. The summed E-state index contributed by atoms with van der Waals surface area (Å²) in [4.78, 5) is 12.4. The van der Waals surface area contributed by atoms with Gasteiger partial charge in [0.25, 0.3) is 5.91 Å². The lowest BCUT2D eigenvalue weighted by Gasteiger charge is -2.06. The molecule has 0 unspecified atom stereocenters. The molecule has 0 atom stereocenters. The van der Waals surface area contributed by atoms with Crippen LogP contribution < -0.4 is 11.1 Å². The minimum absolute atomic E-state index is 0.191. The molecule has 0 fully saturated rings. The molecule has 5 heteroatoms. The van der Waals surface area contributed by atoms with Crippen LogP contribution in [0.15, 0.2) is 58.5 Å². The van der Waals surface area contributed by atoms with Crippen LogP contribution in [0.1, 0.15) is 16.1 Å². The minimum atomic E-state index is -0.191. The number of nitrogen functional groups attached to an aromatic ring is 1. The van der Waals surface area contributed by atoms with E-state index < -0.39 is 0 Å². The van der Waals surface area contributed by atoms with Gasteiger partial charge in [-0.1, -0.05) is 30.3 Å². The second-order valence-electron chi connectivity index (χ2n) is 4.52. The van der Waals surface area contributed by atoms with Crippen LogP contribution in [-0.2, 0) is 6.54 Å². The van der Waals surface area contributed by atoms with Gasteiger partial charge in [0.15, 0.2) is 0 Å². The fraction of sp³-hybridized carbons (Fsp3) is 0.0625. The molecule has 1 amide bonds. The highest BCUT2D eigenvalue weighted by Gasteiger charge is 2.18. The summed E-state index contributed by atoms with van der Waals surface area (Å²) in [5.74, 6) is 0.516. The van der Waals surface area contributed by atoms with Crippen LogP contribution >= 0.6 is 11.3 Å². The van der Waals surface area contributed by atoms with Crippen molar-refractivity contribution in [3.8, 4) is 11.1 Å². The van der Waals surface area contributed by atoms with E-state index in [1.165, 1.54) is 11.3 Å². The summed E-state index contributed by atoms with van der Waals surface area (Å²) in [7, 11) is 0. The number of nitrogens with two attached hydrogens (primary N) is 1. The molecular weight excluding hydrogens is 284 g/mol. The Hall–Kier alpha value is -2.53. The molecule has 0 aliphatic carbocycles. The first kappa shape index (κ1) is 13.5. The number of thiophene rings is 1. The summed E-state index contributed by atoms with van der Waals surface area (Å²) >= 11 is 1.37. The van der Waals surface area contributed by atoms with Gasteiger partial charge < -0.3 is 15.5 Å². The summed E-state index contributed by atoms with van der Waals surface area (Å²) < 4.78 is 5.20. The number of nitrogens with one attached hydrogen (secondary N) is 1. The van der Waals surface area contributed by atoms with Gasteiger partial charge in [-0.05, 0) is 17.7 Å². The van der Waals surface area contributed by atoms with Crippen molar-refractivity contribution in [3.63, 3.8) is 0 Å². The Bertz CT molecular complexity index is 733. The molecule has 0 aliphatic heterocycles. The molecule has 3 N–H and O–H groups in total. The van der Waals surface area contributed by atoms with Crippen molar-refractivity contribution < 1.29 is 9.21 Å². The van der Waals surface area contributed by atoms with Crippen LogP contribution in [0, 0.1) is 0 Å². The summed E-state index contributed by atoms with van der Waals surface area (Å²) in [5.41, 5.74) is 8.33. The quantitative estimate of drug-likeness (QED) is 0.774. The molecule has 0 bridgehead atoms. The number of hydrogen-bond donors (Lipinski definition) is 2. The number of carbonyl (C=O) groups is 1. The molecule has 0 spiro atoms. The number of benzene rings is 1. The van der Waals surface area contributed by atoms with Crippen LogP contribution in [-0.4, -0.2) is 5.91 Å². The van der Waals surface area contributed by atoms with Crippen molar-refractivity contribution in [2.24, 2.45) is 0 Å². The van der Waals surface area contributed by atoms with Gasteiger partial charge in [-0.3, -0.25) is 4.79 Å². The molecule has 0 radical (unpaired) electrons. The molecule has 0 saturated carbocycles. The zero-order valence-electron chi connectivity index (χ0n) is 11.2. The monoisotopic (exact) mass is 298 g/mol. The van der Waals surface area contributed by atoms with Gasteiger partial charge in [0.1, 0.15) is 5.76 Å². The van der Waals surface area contributed by atoms with E-state index in [0.717, 1.165) is 11.1 Å². The molecular formula is C16H14N2O2S. The average molecular weight is 298 g/mol. The maximum Gasteiger partial charge on any atom is 0.255 e. The molecule has 21 heavy (non-hydrogen) atoms. The Labute approximate surface area is 126 Å². The van der Waals surface area contributed by atoms with Crippen molar-refractivity contribution in [2.45, 2.75) is 6.54 Å². The highest BCUT2D eigenvalue weighted by molar-refractivity contribution is 7.15. The number of anilines is 1. The summed E-state index contributed by atoms with van der Waals surface area (Å²) in [6.45, 7) is 0.343. The van der Waals surface area contributed by atoms with E-state index >= 15 is 0 Å². The molecule has 106 valence electrons. The third kappa shape index (κ3) is 2.83. The molecule has 0 aliphatic rings. The molecule has 2 aromatic heterocycles. The Balaban J connectivity index is 1.84. The fourth-order valence-corrected chi connectivity index (χ4v) is 2.93. The lowest BCUT2D eigenvalue weighted by atomic mass is 10.0. The number of rotatable bonds is 4. The summed E-state index contributed by atoms with van der Waals surface area (Å²) in [5, 5.41) is 5.26. The van der Waals surface area contributed by atoms with Crippen LogP contribution in [0.5, 0.6) is 0 Å². The van der Waals surface area contributed by atoms with Crippen LogP contribution in [0.25, 0.3) is 11.1 Å². The third-order valence-electron chi connectivity index (χ3n) is 3.13. The highest BCUT2D eigenvalue weighted by Crippen LogP contribution is 2.33. The second-order valence-corrected chi connectivity index (χ2v) is 5.43. The maximum absolute atomic E-state index is 12.4. The number of carbonyl (C=O) groups excluding carboxylic acids is 1. The van der Waals surface area contributed by atoms with Gasteiger partial charge >= 0.3 is 0 Å². The van der Waals surface area contributed by atoms with Crippen LogP contribution in [0.4, 0.5) is 5.00 Å². The van der Waals surface area contributed by atoms with E-state index in [2.05, 4.69) is 5.32 Å². The topological polar surface area (TPSA) is 68.3 Å². The molecule has 0 saturated heterocycles. The Morgan fingerprint density at radius 2 is 2.00 bits per heavy atom. The number of amides is 1. The van der Waals surface area contributed by atoms with E-state index in [4.69, 9.17) is 10.2 Å². The molecule has 4 nitrogen and oxygen atoms in total. The molecule has 1 aromatic carbocycles. The largest absolute Gasteiger partial charge is 0.467 e. The first-order valence-electron chi connectivity index (χ1n) is 6.48. The predicted molar refractivity (Wildman–Crippen MR) is 84.0 cm³/mol. The lowest BCUT2D eigenvalue weighted by Crippen LogP contribution is -2.23. The summed E-state index contributed by atoms with van der Waals surface area (Å²) in [6.07, 6.45) is 1.58. The van der Waals surface area contributed by atoms with Crippen LogP contribution in [0.2, 0.25) is 0 Å². The van der Waals surface area contributed by atoms with E-state index in [1.807, 2.05) is 41.8 Å². The van der Waals surface area contributed by atoms with Gasteiger partial charge in [-0.15, -0.1) is 11.3 Å². The van der Waals surface area contributed by atoms with E-state index in [1.54, 1.807) is 12.3 Å². The molecule has 2 heterocycles. The first-order valence-corrected chi connectivity index (χ1v) is 7.36. The smallest absolute Gasteiger partial charge is 0.255 e. The molecule has 3 aromatic rings.